The van der Waals surface area contributed by atoms with Crippen LogP contribution in [0, 0.1) is 5.41 Å². The highest BCUT2D eigenvalue weighted by molar-refractivity contribution is 5.87. The van der Waals surface area contributed by atoms with Gasteiger partial charge in [0.2, 0.25) is 5.82 Å². The summed E-state index contributed by atoms with van der Waals surface area (Å²) in [5.41, 5.74) is 5.00. The first-order valence-electron chi connectivity index (χ1n) is 9.74. The third-order valence-electron chi connectivity index (χ3n) is 5.18. The zero-order valence-electron chi connectivity index (χ0n) is 17.1. The van der Waals surface area contributed by atoms with E-state index in [1.807, 2.05) is 31.2 Å². The molecule has 0 fully saturated rings. The Morgan fingerprint density at radius 3 is 2.71 bits per heavy atom. The quantitative estimate of drug-likeness (QED) is 0.389. The van der Waals surface area contributed by atoms with Gasteiger partial charge in [-0.1, -0.05) is 49.8 Å². The maximum Gasteiger partial charge on any atom is 0.379 e. The number of nitrogens with one attached hydrogen (secondary N) is 1. The maximum absolute atomic E-state index is 12.2. The molecule has 4 heteroatoms. The summed E-state index contributed by atoms with van der Waals surface area (Å²) < 4.78 is 5.31. The summed E-state index contributed by atoms with van der Waals surface area (Å²) in [7, 11) is 0. The number of carbonyl (C=O) groups excluding carboxylic acids is 1. The number of hydrogen-bond acceptors (Lipinski definition) is 3. The van der Waals surface area contributed by atoms with E-state index in [0.29, 0.717) is 5.75 Å². The Hall–Kier alpha value is -2.88. The van der Waals surface area contributed by atoms with Crippen molar-refractivity contribution in [3.63, 3.8) is 0 Å². The molecule has 0 atom stereocenters. The van der Waals surface area contributed by atoms with Crippen molar-refractivity contribution >= 4 is 12.0 Å². The minimum absolute atomic E-state index is 0.193. The van der Waals surface area contributed by atoms with Crippen LogP contribution in [-0.2, 0) is 0 Å². The van der Waals surface area contributed by atoms with Gasteiger partial charge in [-0.3, -0.25) is 0 Å². The van der Waals surface area contributed by atoms with Crippen molar-refractivity contribution in [3.8, 4) is 5.75 Å². The molecule has 0 unspecified atom stereocenters. The minimum atomic E-state index is -0.496. The Morgan fingerprint density at radius 1 is 1.25 bits per heavy atom. The van der Waals surface area contributed by atoms with Gasteiger partial charge in [0.25, 0.3) is 0 Å². The van der Waals surface area contributed by atoms with E-state index >= 15 is 0 Å². The van der Waals surface area contributed by atoms with Gasteiger partial charge in [-0.05, 0) is 67.9 Å². The molecule has 2 aromatic rings. The topological polar surface area (TPSA) is 55.0 Å². The van der Waals surface area contributed by atoms with Crippen LogP contribution in [0.25, 0.3) is 6.08 Å². The predicted molar refractivity (Wildman–Crippen MR) is 113 cm³/mol. The van der Waals surface area contributed by atoms with Gasteiger partial charge < -0.3 is 9.72 Å². The molecule has 1 heterocycles. The molecule has 0 saturated heterocycles. The molecule has 4 nitrogen and oxygen atoms in total. The average molecular weight is 377 g/mol. The highest BCUT2D eigenvalue weighted by Gasteiger charge is 2.26. The summed E-state index contributed by atoms with van der Waals surface area (Å²) in [4.78, 5) is 19.4. The van der Waals surface area contributed by atoms with Gasteiger partial charge in [0.1, 0.15) is 5.75 Å². The number of para-hydroxylation sites is 1. The van der Waals surface area contributed by atoms with E-state index in [4.69, 9.17) is 4.74 Å². The zero-order valence-corrected chi connectivity index (χ0v) is 17.1. The molecule has 1 aliphatic rings. The lowest BCUT2D eigenvalue weighted by molar-refractivity contribution is 0.0723. The van der Waals surface area contributed by atoms with Crippen LogP contribution in [0.4, 0.5) is 0 Å². The van der Waals surface area contributed by atoms with E-state index < -0.39 is 5.97 Å². The van der Waals surface area contributed by atoms with Gasteiger partial charge in [-0.2, -0.15) is 0 Å². The minimum Gasteiger partial charge on any atom is -0.421 e. The number of hydrogen-bond donors (Lipinski definition) is 1. The fraction of sp³-hybridized carbons (Fsp3) is 0.333. The summed E-state index contributed by atoms with van der Waals surface area (Å²) in [6.07, 6.45) is 11.7. The fourth-order valence-corrected chi connectivity index (χ4v) is 3.67. The summed E-state index contributed by atoms with van der Waals surface area (Å²) in [5, 5.41) is 0. The molecule has 1 aromatic heterocycles. The molecule has 1 N–H and O–H groups in total. The number of nitrogens with zero attached hydrogens (tertiary/aromatic N) is 1. The Morgan fingerprint density at radius 2 is 2.00 bits per heavy atom. The summed E-state index contributed by atoms with van der Waals surface area (Å²) in [6, 6.07) is 8.98. The number of esters is 1. The molecule has 0 radical (unpaired) electrons. The van der Waals surface area contributed by atoms with Crippen LogP contribution in [0.5, 0.6) is 5.75 Å². The molecule has 0 amide bonds. The zero-order chi connectivity index (χ0) is 20.1. The van der Waals surface area contributed by atoms with E-state index in [0.717, 1.165) is 11.3 Å². The molecule has 28 heavy (non-hydrogen) atoms. The largest absolute Gasteiger partial charge is 0.421 e. The Labute approximate surface area is 167 Å². The first-order chi connectivity index (χ1) is 13.3. The first-order valence-corrected chi connectivity index (χ1v) is 9.74. The number of imidazole rings is 1. The average Bonchev–Trinajstić information content (AvgIpc) is 3.10. The number of H-pyrrole nitrogens is 1. The van der Waals surface area contributed by atoms with Crippen molar-refractivity contribution in [2.24, 2.45) is 5.41 Å². The standard InChI is InChI=1S/C24H28N2O2/c1-17(12-13-21-18(2)9-8-14-24(21,3)4)15-19-16-25-22(26-19)23(27)28-20-10-6-5-7-11-20/h5-7,10-13,15-16H,8-9,14H2,1-4H3,(H,25,26). The summed E-state index contributed by atoms with van der Waals surface area (Å²) in [5.74, 6) is 0.196. The maximum atomic E-state index is 12.2. The molecule has 146 valence electrons. The summed E-state index contributed by atoms with van der Waals surface area (Å²) >= 11 is 0. The van der Waals surface area contributed by atoms with Crippen molar-refractivity contribution in [2.75, 3.05) is 0 Å². The monoisotopic (exact) mass is 376 g/mol. The lowest BCUT2D eigenvalue weighted by Gasteiger charge is -2.32. The highest BCUT2D eigenvalue weighted by Crippen LogP contribution is 2.40. The van der Waals surface area contributed by atoms with Crippen molar-refractivity contribution in [2.45, 2.75) is 47.0 Å². The van der Waals surface area contributed by atoms with E-state index in [2.05, 4.69) is 42.9 Å². The Balaban J connectivity index is 1.69. The Kier molecular flexibility index (Phi) is 5.98. The second-order valence-corrected chi connectivity index (χ2v) is 8.04. The van der Waals surface area contributed by atoms with E-state index in [1.54, 1.807) is 18.3 Å². The lowest BCUT2D eigenvalue weighted by Crippen LogP contribution is -2.19. The van der Waals surface area contributed by atoms with E-state index in [1.165, 1.54) is 30.4 Å². The van der Waals surface area contributed by atoms with Gasteiger partial charge in [0.15, 0.2) is 0 Å². The predicted octanol–water partition coefficient (Wildman–Crippen LogP) is 6.12. The van der Waals surface area contributed by atoms with Crippen LogP contribution < -0.4 is 4.74 Å². The van der Waals surface area contributed by atoms with Crippen molar-refractivity contribution in [1.29, 1.82) is 0 Å². The second kappa shape index (κ2) is 8.42. The number of ether oxygens (including phenoxy) is 1. The molecule has 3 rings (SSSR count). The van der Waals surface area contributed by atoms with Crippen molar-refractivity contribution in [1.82, 2.24) is 9.97 Å². The molecule has 0 saturated carbocycles. The second-order valence-electron chi connectivity index (χ2n) is 8.04. The van der Waals surface area contributed by atoms with Crippen LogP contribution in [0.15, 0.2) is 65.4 Å². The van der Waals surface area contributed by atoms with Gasteiger partial charge in [-0.25, -0.2) is 9.78 Å². The van der Waals surface area contributed by atoms with Gasteiger partial charge >= 0.3 is 5.97 Å². The number of aromatic nitrogens is 2. The molecular weight excluding hydrogens is 348 g/mol. The van der Waals surface area contributed by atoms with Crippen LogP contribution in [0.1, 0.15) is 63.3 Å². The molecule has 1 aromatic carbocycles. The fourth-order valence-electron chi connectivity index (χ4n) is 3.67. The third-order valence-corrected chi connectivity index (χ3v) is 5.18. The highest BCUT2D eigenvalue weighted by atomic mass is 16.5. The molecule has 0 spiro atoms. The number of benzene rings is 1. The molecule has 1 aliphatic carbocycles. The Bertz CT molecular complexity index is 931. The van der Waals surface area contributed by atoms with Crippen LogP contribution in [0.3, 0.4) is 0 Å². The number of carbonyl (C=O) groups is 1. The van der Waals surface area contributed by atoms with Gasteiger partial charge in [0.05, 0.1) is 11.9 Å². The normalized spacial score (nSPS) is 17.2. The SMILES string of the molecule is CC(C=CC1=C(C)CCCC1(C)C)=Cc1cnc(C(=O)Oc2ccccc2)[nH]1. The van der Waals surface area contributed by atoms with Crippen molar-refractivity contribution in [3.05, 3.63) is 76.9 Å². The van der Waals surface area contributed by atoms with E-state index in [-0.39, 0.29) is 11.2 Å². The van der Waals surface area contributed by atoms with Gasteiger partial charge in [-0.15, -0.1) is 0 Å². The van der Waals surface area contributed by atoms with Gasteiger partial charge in [0, 0.05) is 0 Å². The first kappa shape index (κ1) is 19.9. The third kappa shape index (κ3) is 4.89. The number of aromatic amines is 1. The van der Waals surface area contributed by atoms with Crippen LogP contribution in [-0.4, -0.2) is 15.9 Å². The molecule has 0 bridgehead atoms. The molecular formula is C24H28N2O2. The molecule has 0 aliphatic heterocycles. The van der Waals surface area contributed by atoms with Crippen molar-refractivity contribution < 1.29 is 9.53 Å². The smallest absolute Gasteiger partial charge is 0.379 e. The lowest BCUT2D eigenvalue weighted by atomic mass is 9.72. The number of rotatable bonds is 5. The summed E-state index contributed by atoms with van der Waals surface area (Å²) in [6.45, 7) is 8.91. The number of allylic oxidation sites excluding steroid dienone is 5. The van der Waals surface area contributed by atoms with Crippen LogP contribution >= 0.6 is 0 Å². The van der Waals surface area contributed by atoms with E-state index in [9.17, 15) is 4.79 Å². The van der Waals surface area contributed by atoms with Crippen LogP contribution in [0.2, 0.25) is 0 Å².